The first kappa shape index (κ1) is 39.1. The summed E-state index contributed by atoms with van der Waals surface area (Å²) in [4.78, 5) is 60.8. The van der Waals surface area contributed by atoms with E-state index in [-0.39, 0.29) is 12.2 Å². The zero-order valence-electron chi connectivity index (χ0n) is 26.6. The lowest BCUT2D eigenvalue weighted by atomic mass is 9.82. The number of aliphatic carboxylic acids is 3. The number of methoxy groups -OCH3 is 2. The summed E-state index contributed by atoms with van der Waals surface area (Å²) in [5.41, 5.74) is -2.57. The Balaban J connectivity index is 2.88. The van der Waals surface area contributed by atoms with Crippen LogP contribution < -0.4 is 14.8 Å². The fraction of sp³-hybridized carbons (Fsp3) is 0.606. The number of hydrogen-bond acceptors (Lipinski definition) is 8. The van der Waals surface area contributed by atoms with Crippen molar-refractivity contribution in [2.75, 3.05) is 14.2 Å². The average molecular weight is 636 g/mol. The predicted molar refractivity (Wildman–Crippen MR) is 166 cm³/mol. The van der Waals surface area contributed by atoms with Gasteiger partial charge in [-0.1, -0.05) is 63.7 Å². The second-order valence-electron chi connectivity index (χ2n) is 11.2. The number of ketones is 1. The Morgan fingerprint density at radius 1 is 0.867 bits per heavy atom. The highest BCUT2D eigenvalue weighted by atomic mass is 16.5. The van der Waals surface area contributed by atoms with Gasteiger partial charge in [0.15, 0.2) is 17.1 Å². The minimum Gasteiger partial charge on any atom is -0.493 e. The van der Waals surface area contributed by atoms with E-state index in [9.17, 15) is 44.4 Å². The summed E-state index contributed by atoms with van der Waals surface area (Å²) in [7, 11) is 2.84. The lowest BCUT2D eigenvalue weighted by Crippen LogP contribution is -2.55. The summed E-state index contributed by atoms with van der Waals surface area (Å²) in [6.07, 6.45) is 11.1. The van der Waals surface area contributed by atoms with Gasteiger partial charge in [0.2, 0.25) is 5.91 Å². The van der Waals surface area contributed by atoms with Gasteiger partial charge in [0, 0.05) is 19.3 Å². The van der Waals surface area contributed by atoms with Crippen LogP contribution in [-0.2, 0) is 30.4 Å². The normalized spacial score (nSPS) is 13.9. The van der Waals surface area contributed by atoms with E-state index in [1.807, 2.05) is 0 Å². The van der Waals surface area contributed by atoms with Crippen LogP contribution in [0.5, 0.6) is 11.5 Å². The molecule has 1 aromatic rings. The first-order valence-corrected chi connectivity index (χ1v) is 15.5. The van der Waals surface area contributed by atoms with Crippen LogP contribution in [0.3, 0.4) is 0 Å². The second-order valence-corrected chi connectivity index (χ2v) is 11.2. The molecule has 0 saturated heterocycles. The lowest BCUT2D eigenvalue weighted by molar-refractivity contribution is -0.172. The molecule has 0 aliphatic carbocycles. The van der Waals surface area contributed by atoms with E-state index in [0.29, 0.717) is 42.7 Å². The average Bonchev–Trinajstić information content (AvgIpc) is 2.98. The number of ether oxygens (including phenoxy) is 2. The van der Waals surface area contributed by atoms with Gasteiger partial charge in [0.1, 0.15) is 11.8 Å². The van der Waals surface area contributed by atoms with Crippen LogP contribution in [0.4, 0.5) is 0 Å². The highest BCUT2D eigenvalue weighted by Gasteiger charge is 2.49. The number of amides is 1. The zero-order chi connectivity index (χ0) is 33.8. The quantitative estimate of drug-likeness (QED) is 0.0746. The van der Waals surface area contributed by atoms with Crippen molar-refractivity contribution in [2.24, 2.45) is 5.92 Å². The Morgan fingerprint density at radius 2 is 1.47 bits per heavy atom. The van der Waals surface area contributed by atoms with Gasteiger partial charge in [0.25, 0.3) is 0 Å². The van der Waals surface area contributed by atoms with Crippen LogP contribution in [-0.4, -0.2) is 75.9 Å². The van der Waals surface area contributed by atoms with Crippen LogP contribution in [0.2, 0.25) is 0 Å². The highest BCUT2D eigenvalue weighted by molar-refractivity contribution is 5.94. The van der Waals surface area contributed by atoms with Crippen molar-refractivity contribution >= 4 is 29.6 Å². The van der Waals surface area contributed by atoms with Gasteiger partial charge < -0.3 is 35.2 Å². The minimum absolute atomic E-state index is 0.219. The van der Waals surface area contributed by atoms with Crippen molar-refractivity contribution in [1.29, 1.82) is 0 Å². The van der Waals surface area contributed by atoms with Gasteiger partial charge >= 0.3 is 17.9 Å². The highest BCUT2D eigenvalue weighted by Crippen LogP contribution is 2.29. The Labute approximate surface area is 264 Å². The maximum absolute atomic E-state index is 13.3. The van der Waals surface area contributed by atoms with Gasteiger partial charge in [-0.3, -0.25) is 14.4 Å². The van der Waals surface area contributed by atoms with Crippen LogP contribution >= 0.6 is 0 Å². The molecule has 0 aliphatic heterocycles. The molecule has 0 radical (unpaired) electrons. The molecule has 0 unspecified atom stereocenters. The first-order chi connectivity index (χ1) is 21.4. The Kier molecular flexibility index (Phi) is 18.2. The van der Waals surface area contributed by atoms with E-state index < -0.39 is 47.8 Å². The van der Waals surface area contributed by atoms with Crippen molar-refractivity contribution in [3.63, 3.8) is 0 Å². The smallest absolute Gasteiger partial charge is 0.337 e. The second kappa shape index (κ2) is 20.9. The van der Waals surface area contributed by atoms with E-state index in [0.717, 1.165) is 51.0 Å². The number of carbonyl (C=O) groups is 5. The van der Waals surface area contributed by atoms with Crippen molar-refractivity contribution in [3.05, 3.63) is 35.9 Å². The number of carbonyl (C=O) groups excluding carboxylic acids is 2. The molecule has 45 heavy (non-hydrogen) atoms. The summed E-state index contributed by atoms with van der Waals surface area (Å²) >= 11 is 0. The van der Waals surface area contributed by atoms with E-state index in [2.05, 4.69) is 12.2 Å². The molecule has 1 aromatic carbocycles. The molecule has 0 aromatic heterocycles. The van der Waals surface area contributed by atoms with Crippen LogP contribution in [0.25, 0.3) is 0 Å². The maximum atomic E-state index is 13.3. The molecule has 1 amide bonds. The van der Waals surface area contributed by atoms with Crippen molar-refractivity contribution in [3.8, 4) is 11.5 Å². The molecule has 5 N–H and O–H groups in total. The zero-order valence-corrected chi connectivity index (χ0v) is 26.6. The van der Waals surface area contributed by atoms with Crippen molar-refractivity contribution in [1.82, 2.24) is 5.32 Å². The third-order valence-corrected chi connectivity index (χ3v) is 7.55. The van der Waals surface area contributed by atoms with Gasteiger partial charge in [-0.15, -0.1) is 0 Å². The molecule has 12 nitrogen and oxygen atoms in total. The van der Waals surface area contributed by atoms with E-state index in [1.54, 1.807) is 12.1 Å². The predicted octanol–water partition coefficient (Wildman–Crippen LogP) is 4.55. The van der Waals surface area contributed by atoms with Gasteiger partial charge in [-0.25, -0.2) is 9.59 Å². The summed E-state index contributed by atoms with van der Waals surface area (Å²) in [5.74, 6) is -7.06. The summed E-state index contributed by atoms with van der Waals surface area (Å²) in [6.45, 7) is 2.15. The number of hydrogen-bond donors (Lipinski definition) is 5. The maximum Gasteiger partial charge on any atom is 0.337 e. The third-order valence-electron chi connectivity index (χ3n) is 7.55. The number of nitrogens with one attached hydrogen (secondary N) is 1. The molecule has 252 valence electrons. The third kappa shape index (κ3) is 14.1. The largest absolute Gasteiger partial charge is 0.493 e. The molecule has 1 rings (SSSR count). The molecule has 12 heteroatoms. The Bertz CT molecular complexity index is 1150. The summed E-state index contributed by atoms with van der Waals surface area (Å²) in [5, 5.41) is 41.9. The van der Waals surface area contributed by atoms with Crippen molar-refractivity contribution in [2.45, 2.75) is 108 Å². The molecule has 0 aliphatic rings. The molecule has 0 bridgehead atoms. The fourth-order valence-electron chi connectivity index (χ4n) is 4.94. The topological polar surface area (TPSA) is 197 Å². The van der Waals surface area contributed by atoms with E-state index in [4.69, 9.17) is 9.47 Å². The SMILES string of the molecule is CCCCCCCC(=O)CCCCCC/C=C/[C@@H](C(=O)N[C@@H](Cc1ccc(OC)c(OC)c1)C(=O)O)[C@@](O)(CC(=O)O)C(=O)O. The molecule has 3 atom stereocenters. The Hall–Kier alpha value is -3.93. The summed E-state index contributed by atoms with van der Waals surface area (Å²) in [6, 6.07) is 3.13. The molecule has 0 fully saturated rings. The molecular weight excluding hydrogens is 586 g/mol. The van der Waals surface area contributed by atoms with Gasteiger partial charge in [-0.05, 0) is 43.4 Å². The van der Waals surface area contributed by atoms with Gasteiger partial charge in [-0.2, -0.15) is 0 Å². The number of benzene rings is 1. The minimum atomic E-state index is -3.03. The Morgan fingerprint density at radius 3 is 2.00 bits per heavy atom. The number of carboxylic acid groups (broad SMARTS) is 3. The number of carboxylic acids is 3. The number of Topliss-reactive ketones (excluding diaryl/α,β-unsaturated/α-hetero) is 1. The van der Waals surface area contributed by atoms with Crippen LogP contribution in [0.15, 0.2) is 30.4 Å². The number of rotatable bonds is 25. The monoisotopic (exact) mass is 635 g/mol. The van der Waals surface area contributed by atoms with Crippen LogP contribution in [0.1, 0.15) is 96.0 Å². The van der Waals surface area contributed by atoms with Gasteiger partial charge in [0.05, 0.1) is 26.6 Å². The number of unbranched alkanes of at least 4 members (excludes halogenated alkanes) is 8. The number of aliphatic hydroxyl groups is 1. The standard InChI is InChI=1S/C33H49NO11/c1-4-5-6-9-12-15-24(35)16-13-10-7-8-11-14-17-25(33(43,32(41)42)22-29(36)37)30(38)34-26(31(39)40)20-23-18-19-27(44-2)28(21-23)45-3/h14,17-19,21,25-26,43H,4-13,15-16,20,22H2,1-3H3,(H,34,38)(H,36,37)(H,39,40)(H,41,42)/b17-14+/t25-,26-,33-/m0/s1. The van der Waals surface area contributed by atoms with Crippen LogP contribution in [0, 0.1) is 5.92 Å². The number of allylic oxidation sites excluding steroid dienone is 1. The molecule has 0 spiro atoms. The molecule has 0 heterocycles. The lowest BCUT2D eigenvalue weighted by Gasteiger charge is -2.29. The summed E-state index contributed by atoms with van der Waals surface area (Å²) < 4.78 is 10.4. The first-order valence-electron chi connectivity index (χ1n) is 15.5. The molecule has 0 saturated carbocycles. The molecular formula is C33H49NO11. The van der Waals surface area contributed by atoms with E-state index >= 15 is 0 Å². The fourth-order valence-corrected chi connectivity index (χ4v) is 4.94. The van der Waals surface area contributed by atoms with E-state index in [1.165, 1.54) is 32.8 Å². The van der Waals surface area contributed by atoms with Crippen molar-refractivity contribution < 1.29 is 53.9 Å².